The zero-order chi connectivity index (χ0) is 26.7. The number of nitro groups is 1. The molecule has 3 aromatic carbocycles. The standard InChI is InChI=1S/C30H23N3O4/c1-19-3-7-21(8-4-19)27(34)16-24-15-26(29(35)23-9-5-20(2)6-10-23)28(30(24,17-31)18-32)22-11-13-25(14-12-22)33(36)37/h3-15,24,28H,16H2,1-2H3/t24-,28+/m1/s1. The Bertz CT molecular complexity index is 1470. The van der Waals surface area contributed by atoms with E-state index in [0.717, 1.165) is 11.1 Å². The highest BCUT2D eigenvalue weighted by molar-refractivity contribution is 6.10. The number of Topliss-reactive ketones (excluding diaryl/α,β-unsaturated/α-hetero) is 2. The Balaban J connectivity index is 1.83. The normalized spacial score (nSPS) is 17.8. The van der Waals surface area contributed by atoms with Gasteiger partial charge in [0.05, 0.1) is 17.1 Å². The first kappa shape index (κ1) is 25.2. The molecule has 0 amide bonds. The van der Waals surface area contributed by atoms with Crippen LogP contribution in [0.15, 0.2) is 84.4 Å². The molecule has 4 rings (SSSR count). The summed E-state index contributed by atoms with van der Waals surface area (Å²) >= 11 is 0. The number of carbonyl (C=O) groups excluding carboxylic acids is 2. The van der Waals surface area contributed by atoms with E-state index in [-0.39, 0.29) is 29.2 Å². The molecule has 0 spiro atoms. The van der Waals surface area contributed by atoms with Gasteiger partial charge in [0.25, 0.3) is 5.69 Å². The highest BCUT2D eigenvalue weighted by atomic mass is 16.6. The van der Waals surface area contributed by atoms with Crippen LogP contribution in [0.2, 0.25) is 0 Å². The number of ketones is 2. The van der Waals surface area contributed by atoms with Gasteiger partial charge in [0.1, 0.15) is 0 Å². The molecule has 0 aromatic heterocycles. The molecule has 2 atom stereocenters. The Morgan fingerprint density at radius 2 is 1.38 bits per heavy atom. The van der Waals surface area contributed by atoms with Crippen LogP contribution in [0.1, 0.15) is 49.7 Å². The summed E-state index contributed by atoms with van der Waals surface area (Å²) in [6.45, 7) is 3.80. The van der Waals surface area contributed by atoms with Gasteiger partial charge in [0.15, 0.2) is 17.0 Å². The van der Waals surface area contributed by atoms with Crippen LogP contribution in [0.25, 0.3) is 0 Å². The first-order valence-electron chi connectivity index (χ1n) is 11.7. The molecule has 37 heavy (non-hydrogen) atoms. The number of carbonyl (C=O) groups is 2. The van der Waals surface area contributed by atoms with Gasteiger partial charge >= 0.3 is 0 Å². The fraction of sp³-hybridized carbons (Fsp3) is 0.200. The van der Waals surface area contributed by atoms with E-state index < -0.39 is 22.2 Å². The van der Waals surface area contributed by atoms with Gasteiger partial charge in [-0.05, 0) is 19.4 Å². The molecule has 0 heterocycles. The molecule has 7 heteroatoms. The molecular formula is C30H23N3O4. The number of hydrogen-bond acceptors (Lipinski definition) is 6. The van der Waals surface area contributed by atoms with E-state index in [0.29, 0.717) is 16.7 Å². The lowest BCUT2D eigenvalue weighted by Crippen LogP contribution is -2.32. The van der Waals surface area contributed by atoms with Crippen molar-refractivity contribution in [1.29, 1.82) is 10.5 Å². The minimum atomic E-state index is -1.76. The number of non-ortho nitro benzene ring substituents is 1. The first-order chi connectivity index (χ1) is 17.7. The minimum absolute atomic E-state index is 0.141. The molecule has 0 N–H and O–H groups in total. The molecule has 0 unspecified atom stereocenters. The summed E-state index contributed by atoms with van der Waals surface area (Å²) in [4.78, 5) is 37.5. The fourth-order valence-electron chi connectivity index (χ4n) is 4.81. The van der Waals surface area contributed by atoms with Crippen LogP contribution in [0, 0.1) is 58.0 Å². The van der Waals surface area contributed by atoms with Crippen LogP contribution in [0.5, 0.6) is 0 Å². The van der Waals surface area contributed by atoms with Crippen molar-refractivity contribution in [3.05, 3.63) is 122 Å². The van der Waals surface area contributed by atoms with Gasteiger partial charge in [-0.25, -0.2) is 0 Å². The number of rotatable bonds is 7. The fourth-order valence-corrected chi connectivity index (χ4v) is 4.81. The second-order valence-electron chi connectivity index (χ2n) is 9.29. The lowest BCUT2D eigenvalue weighted by Gasteiger charge is -2.29. The molecule has 0 aliphatic heterocycles. The molecule has 0 saturated carbocycles. The zero-order valence-corrected chi connectivity index (χ0v) is 20.3. The number of benzene rings is 3. The van der Waals surface area contributed by atoms with Crippen molar-refractivity contribution in [2.24, 2.45) is 11.3 Å². The van der Waals surface area contributed by atoms with Crippen molar-refractivity contribution >= 4 is 17.3 Å². The lowest BCUT2D eigenvalue weighted by molar-refractivity contribution is -0.384. The summed E-state index contributed by atoms with van der Waals surface area (Å²) in [6, 6.07) is 23.7. The Kier molecular flexibility index (Phi) is 6.82. The third-order valence-electron chi connectivity index (χ3n) is 6.89. The van der Waals surface area contributed by atoms with Crippen LogP contribution in [-0.4, -0.2) is 16.5 Å². The second kappa shape index (κ2) is 10.0. The highest BCUT2D eigenvalue weighted by Gasteiger charge is 2.54. The summed E-state index contributed by atoms with van der Waals surface area (Å²) in [6.07, 6.45) is 1.44. The maximum atomic E-state index is 13.7. The van der Waals surface area contributed by atoms with Crippen LogP contribution in [0.3, 0.4) is 0 Å². The average molecular weight is 490 g/mol. The molecule has 1 aliphatic carbocycles. The number of allylic oxidation sites excluding steroid dienone is 2. The predicted octanol–water partition coefficient (Wildman–Crippen LogP) is 6.04. The number of hydrogen-bond donors (Lipinski definition) is 0. The van der Waals surface area contributed by atoms with E-state index in [9.17, 15) is 30.2 Å². The molecule has 0 saturated heterocycles. The van der Waals surface area contributed by atoms with Crippen LogP contribution < -0.4 is 0 Å². The third kappa shape index (κ3) is 4.68. The Labute approximate surface area is 214 Å². The maximum Gasteiger partial charge on any atom is 0.269 e. The van der Waals surface area contributed by atoms with Crippen molar-refractivity contribution in [2.45, 2.75) is 26.2 Å². The molecular weight excluding hydrogens is 466 g/mol. The van der Waals surface area contributed by atoms with Gasteiger partial charge in [-0.2, -0.15) is 10.5 Å². The van der Waals surface area contributed by atoms with Crippen molar-refractivity contribution in [1.82, 2.24) is 0 Å². The van der Waals surface area contributed by atoms with E-state index in [1.807, 2.05) is 26.0 Å². The monoisotopic (exact) mass is 489 g/mol. The van der Waals surface area contributed by atoms with Crippen LogP contribution >= 0.6 is 0 Å². The third-order valence-corrected chi connectivity index (χ3v) is 6.89. The largest absolute Gasteiger partial charge is 0.294 e. The minimum Gasteiger partial charge on any atom is -0.294 e. The smallest absolute Gasteiger partial charge is 0.269 e. The zero-order valence-electron chi connectivity index (χ0n) is 20.3. The molecule has 0 bridgehead atoms. The van der Waals surface area contributed by atoms with Gasteiger partial charge in [0, 0.05) is 47.1 Å². The van der Waals surface area contributed by atoms with E-state index in [1.54, 1.807) is 42.5 Å². The molecule has 1 aliphatic rings. The summed E-state index contributed by atoms with van der Waals surface area (Å²) < 4.78 is 0. The number of nitriles is 2. The number of aryl methyl sites for hydroxylation is 2. The Morgan fingerprint density at radius 3 is 1.86 bits per heavy atom. The summed E-state index contributed by atoms with van der Waals surface area (Å²) in [5.74, 6) is -2.46. The second-order valence-corrected chi connectivity index (χ2v) is 9.29. The van der Waals surface area contributed by atoms with E-state index in [2.05, 4.69) is 12.1 Å². The SMILES string of the molecule is Cc1ccc(C(=O)C[C@H]2C=C(C(=O)c3ccc(C)cc3)[C@H](c3ccc([N+](=O)[O-])cc3)C2(C#N)C#N)cc1. The Hall–Kier alpha value is -4.88. The van der Waals surface area contributed by atoms with Crippen molar-refractivity contribution < 1.29 is 14.5 Å². The average Bonchev–Trinajstić information content (AvgIpc) is 3.23. The summed E-state index contributed by atoms with van der Waals surface area (Å²) in [5, 5.41) is 31.9. The van der Waals surface area contributed by atoms with Gasteiger partial charge in [-0.15, -0.1) is 0 Å². The summed E-state index contributed by atoms with van der Waals surface area (Å²) in [7, 11) is 0. The van der Waals surface area contributed by atoms with E-state index in [4.69, 9.17) is 0 Å². The summed E-state index contributed by atoms with van der Waals surface area (Å²) in [5.41, 5.74) is 1.54. The van der Waals surface area contributed by atoms with Crippen molar-refractivity contribution in [3.8, 4) is 12.1 Å². The molecule has 3 aromatic rings. The number of nitro benzene ring substituents is 1. The molecule has 7 nitrogen and oxygen atoms in total. The lowest BCUT2D eigenvalue weighted by atomic mass is 9.67. The predicted molar refractivity (Wildman–Crippen MR) is 137 cm³/mol. The van der Waals surface area contributed by atoms with Crippen LogP contribution in [0.4, 0.5) is 5.69 Å². The van der Waals surface area contributed by atoms with Crippen molar-refractivity contribution in [2.75, 3.05) is 0 Å². The van der Waals surface area contributed by atoms with Gasteiger partial charge in [-0.1, -0.05) is 77.9 Å². The maximum absolute atomic E-state index is 13.7. The van der Waals surface area contributed by atoms with Gasteiger partial charge in [-0.3, -0.25) is 19.7 Å². The topological polar surface area (TPSA) is 125 Å². The number of nitrogens with zero attached hydrogens (tertiary/aromatic N) is 3. The van der Waals surface area contributed by atoms with Crippen molar-refractivity contribution in [3.63, 3.8) is 0 Å². The Morgan fingerprint density at radius 1 is 0.865 bits per heavy atom. The molecule has 0 fully saturated rings. The van der Waals surface area contributed by atoms with E-state index >= 15 is 0 Å². The van der Waals surface area contributed by atoms with Crippen LogP contribution in [-0.2, 0) is 0 Å². The first-order valence-corrected chi connectivity index (χ1v) is 11.7. The highest BCUT2D eigenvalue weighted by Crippen LogP contribution is 2.54. The van der Waals surface area contributed by atoms with Gasteiger partial charge in [0.2, 0.25) is 0 Å². The molecule has 0 radical (unpaired) electrons. The van der Waals surface area contributed by atoms with E-state index in [1.165, 1.54) is 24.3 Å². The quantitative estimate of drug-likeness (QED) is 0.226. The molecule has 182 valence electrons. The van der Waals surface area contributed by atoms with Gasteiger partial charge < -0.3 is 0 Å².